The van der Waals surface area contributed by atoms with E-state index in [2.05, 4.69) is 19.1 Å². The van der Waals surface area contributed by atoms with Crippen LogP contribution in [0.4, 0.5) is 0 Å². The second-order valence-corrected chi connectivity index (χ2v) is 5.80. The Morgan fingerprint density at radius 1 is 0.773 bits per heavy atom. The Balaban J connectivity index is -0.00000180. The van der Waals surface area contributed by atoms with Gasteiger partial charge in [-0.25, -0.2) is 0 Å². The monoisotopic (exact) mass is 514 g/mol. The molecule has 0 aromatic heterocycles. The van der Waals surface area contributed by atoms with Crippen molar-refractivity contribution in [2.24, 2.45) is 5.73 Å². The van der Waals surface area contributed by atoms with Crippen LogP contribution in [0.1, 0.15) is 96.8 Å². The van der Waals surface area contributed by atoms with E-state index in [-0.39, 0.29) is 40.7 Å². The first-order valence-electron chi connectivity index (χ1n) is 8.70. The van der Waals surface area contributed by atoms with Gasteiger partial charge in [0, 0.05) is 28.8 Å². The number of primary amides is 1. The zero-order valence-electron chi connectivity index (χ0n) is 14.2. The van der Waals surface area contributed by atoms with E-state index in [1.807, 2.05) is 0 Å². The average molecular weight is 515 g/mol. The van der Waals surface area contributed by atoms with E-state index < -0.39 is 0 Å². The Labute approximate surface area is 160 Å². The average Bonchev–Trinajstić information content (AvgIpc) is 2.43. The molecular formula is C18H36AuClNO. The Hall–Kier alpha value is 0.240. The summed E-state index contributed by atoms with van der Waals surface area (Å²) in [6, 6.07) is 0. The van der Waals surface area contributed by atoms with Gasteiger partial charge in [0.05, 0.1) is 0 Å². The maximum atomic E-state index is 10.5. The summed E-state index contributed by atoms with van der Waals surface area (Å²) in [6.45, 7) is 2.26. The summed E-state index contributed by atoms with van der Waals surface area (Å²) < 4.78 is 0. The summed E-state index contributed by atoms with van der Waals surface area (Å²) in [5.41, 5.74) is 5.10. The molecule has 0 aliphatic heterocycles. The van der Waals surface area contributed by atoms with Crippen molar-refractivity contribution in [2.45, 2.75) is 96.8 Å². The first-order chi connectivity index (χ1) is 9.77. The van der Waals surface area contributed by atoms with Crippen LogP contribution >= 0.6 is 12.4 Å². The van der Waals surface area contributed by atoms with Crippen LogP contribution in [-0.4, -0.2) is 5.91 Å². The SMILES string of the molecule is CCCCCCCC/C=C\CCCCCCCC(N)=O.Cl.[Au]. The van der Waals surface area contributed by atoms with Gasteiger partial charge in [-0.05, 0) is 32.1 Å². The van der Waals surface area contributed by atoms with Crippen LogP contribution in [0.3, 0.4) is 0 Å². The van der Waals surface area contributed by atoms with Crippen LogP contribution in [0, 0.1) is 0 Å². The van der Waals surface area contributed by atoms with Gasteiger partial charge in [-0.1, -0.05) is 70.4 Å². The molecule has 0 aromatic carbocycles. The third-order valence-electron chi connectivity index (χ3n) is 3.68. The number of allylic oxidation sites excluding steroid dienone is 2. The van der Waals surface area contributed by atoms with Gasteiger partial charge in [0.25, 0.3) is 0 Å². The summed E-state index contributed by atoms with van der Waals surface area (Å²) in [4.78, 5) is 10.5. The Morgan fingerprint density at radius 2 is 1.18 bits per heavy atom. The molecule has 4 heteroatoms. The van der Waals surface area contributed by atoms with Crippen LogP contribution in [0.2, 0.25) is 0 Å². The standard InChI is InChI=1S/C18H35NO.Au.ClH/c1-2-3-4-5-6-7-8-9-10-11-12-13-14-15-16-17-18(19)20;;/h9-10H,2-8,11-17H2,1H3,(H2,19,20);;1H/b10-9-;;. The molecule has 1 radical (unpaired) electrons. The van der Waals surface area contributed by atoms with Gasteiger partial charge in [-0.15, -0.1) is 12.4 Å². The molecule has 1 amide bonds. The third kappa shape index (κ3) is 25.2. The van der Waals surface area contributed by atoms with Crippen molar-refractivity contribution in [1.82, 2.24) is 0 Å². The summed E-state index contributed by atoms with van der Waals surface area (Å²) in [5.74, 6) is -0.164. The predicted octanol–water partition coefficient (Wildman–Crippen LogP) is 5.93. The molecule has 0 spiro atoms. The molecule has 0 bridgehead atoms. The number of hydrogen-bond acceptors (Lipinski definition) is 1. The molecular weight excluding hydrogens is 479 g/mol. The predicted molar refractivity (Wildman–Crippen MR) is 95.9 cm³/mol. The van der Waals surface area contributed by atoms with Gasteiger partial charge < -0.3 is 5.73 Å². The maximum Gasteiger partial charge on any atom is 0.217 e. The number of halogens is 1. The van der Waals surface area contributed by atoms with E-state index in [1.54, 1.807) is 0 Å². The number of amides is 1. The fourth-order valence-corrected chi connectivity index (χ4v) is 2.37. The molecule has 0 saturated heterocycles. The molecule has 0 fully saturated rings. The van der Waals surface area contributed by atoms with E-state index in [4.69, 9.17) is 5.73 Å². The molecule has 22 heavy (non-hydrogen) atoms. The van der Waals surface area contributed by atoms with E-state index in [0.717, 1.165) is 12.8 Å². The minimum atomic E-state index is -0.164. The van der Waals surface area contributed by atoms with Crippen molar-refractivity contribution in [2.75, 3.05) is 0 Å². The number of nitrogens with two attached hydrogens (primary N) is 1. The van der Waals surface area contributed by atoms with Crippen LogP contribution in [0.25, 0.3) is 0 Å². The molecule has 0 saturated carbocycles. The number of hydrogen-bond donors (Lipinski definition) is 1. The molecule has 137 valence electrons. The largest absolute Gasteiger partial charge is 0.370 e. The number of carbonyl (C=O) groups is 1. The van der Waals surface area contributed by atoms with Gasteiger partial charge in [0.2, 0.25) is 5.91 Å². The fourth-order valence-electron chi connectivity index (χ4n) is 2.37. The molecule has 0 rings (SSSR count). The van der Waals surface area contributed by atoms with Gasteiger partial charge in [-0.3, -0.25) is 4.79 Å². The van der Waals surface area contributed by atoms with Gasteiger partial charge in [-0.2, -0.15) is 0 Å². The molecule has 2 nitrogen and oxygen atoms in total. The molecule has 2 N–H and O–H groups in total. The molecule has 0 heterocycles. The smallest absolute Gasteiger partial charge is 0.217 e. The number of unbranched alkanes of at least 4 members (excludes halogenated alkanes) is 11. The topological polar surface area (TPSA) is 43.1 Å². The second-order valence-electron chi connectivity index (χ2n) is 5.80. The normalized spacial score (nSPS) is 10.2. The van der Waals surface area contributed by atoms with E-state index in [0.29, 0.717) is 6.42 Å². The molecule has 0 unspecified atom stereocenters. The van der Waals surface area contributed by atoms with Crippen molar-refractivity contribution in [3.05, 3.63) is 12.2 Å². The Bertz CT molecular complexity index is 247. The van der Waals surface area contributed by atoms with Crippen molar-refractivity contribution in [1.29, 1.82) is 0 Å². The Morgan fingerprint density at radius 3 is 1.64 bits per heavy atom. The van der Waals surface area contributed by atoms with Crippen LogP contribution < -0.4 is 5.73 Å². The van der Waals surface area contributed by atoms with Gasteiger partial charge in [0.15, 0.2) is 0 Å². The molecule has 0 aliphatic rings. The van der Waals surface area contributed by atoms with E-state index >= 15 is 0 Å². The van der Waals surface area contributed by atoms with Crippen LogP contribution in [0.15, 0.2) is 12.2 Å². The molecule has 0 aromatic rings. The van der Waals surface area contributed by atoms with Crippen molar-refractivity contribution in [3.8, 4) is 0 Å². The number of carbonyl (C=O) groups excluding carboxylic acids is 1. The van der Waals surface area contributed by atoms with Crippen LogP contribution in [-0.2, 0) is 27.2 Å². The summed E-state index contributed by atoms with van der Waals surface area (Å²) in [5, 5.41) is 0. The van der Waals surface area contributed by atoms with Crippen LogP contribution in [0.5, 0.6) is 0 Å². The fraction of sp³-hybridized carbons (Fsp3) is 0.833. The first-order valence-corrected chi connectivity index (χ1v) is 8.70. The van der Waals surface area contributed by atoms with Crippen molar-refractivity contribution >= 4 is 18.3 Å². The van der Waals surface area contributed by atoms with Crippen molar-refractivity contribution in [3.63, 3.8) is 0 Å². The third-order valence-corrected chi connectivity index (χ3v) is 3.68. The number of rotatable bonds is 15. The first kappa shape index (κ1) is 27.1. The summed E-state index contributed by atoms with van der Waals surface area (Å²) >= 11 is 0. The minimum absolute atomic E-state index is 0. The second kappa shape index (κ2) is 23.5. The Kier molecular flexibility index (Phi) is 29.0. The van der Waals surface area contributed by atoms with Gasteiger partial charge >= 0.3 is 0 Å². The minimum Gasteiger partial charge on any atom is -0.370 e. The zero-order chi connectivity index (χ0) is 14.9. The van der Waals surface area contributed by atoms with E-state index in [9.17, 15) is 4.79 Å². The van der Waals surface area contributed by atoms with Gasteiger partial charge in [0.1, 0.15) is 0 Å². The van der Waals surface area contributed by atoms with Crippen molar-refractivity contribution < 1.29 is 27.2 Å². The summed E-state index contributed by atoms with van der Waals surface area (Å²) in [7, 11) is 0. The van der Waals surface area contributed by atoms with E-state index in [1.165, 1.54) is 70.6 Å². The molecule has 0 aliphatic carbocycles. The maximum absolute atomic E-state index is 10.5. The zero-order valence-corrected chi connectivity index (χ0v) is 17.2. The molecule has 0 atom stereocenters. The quantitative estimate of drug-likeness (QED) is 0.164. The summed E-state index contributed by atoms with van der Waals surface area (Å²) in [6.07, 6.45) is 21.9.